The Morgan fingerprint density at radius 1 is 1.39 bits per heavy atom. The van der Waals surface area contributed by atoms with Gasteiger partial charge in [-0.05, 0) is 19.9 Å². The predicted octanol–water partition coefficient (Wildman–Crippen LogP) is 0.921. The lowest BCUT2D eigenvalue weighted by Crippen LogP contribution is -2.23. The molecule has 0 unspecified atom stereocenters. The number of aromatic nitrogens is 4. The molecule has 7 heteroatoms. The Morgan fingerprint density at radius 3 is 2.78 bits per heavy atom. The van der Waals surface area contributed by atoms with Gasteiger partial charge in [0.05, 0.1) is 5.75 Å². The number of fused-ring (bicyclic) bond motifs is 1. The van der Waals surface area contributed by atoms with Crippen LogP contribution in [0.25, 0.3) is 5.78 Å². The molecule has 2 rings (SSSR count). The summed E-state index contributed by atoms with van der Waals surface area (Å²) in [5, 5.41) is 8.79. The minimum absolute atomic E-state index is 0.0504. The largest absolute Gasteiger partial charge is 0.348 e. The van der Waals surface area contributed by atoms with Gasteiger partial charge in [0.25, 0.3) is 5.78 Å². The first-order valence-corrected chi connectivity index (χ1v) is 6.50. The Morgan fingerprint density at radius 2 is 2.11 bits per heavy atom. The average Bonchev–Trinajstić information content (AvgIpc) is 2.68. The highest BCUT2D eigenvalue weighted by atomic mass is 32.2. The van der Waals surface area contributed by atoms with Gasteiger partial charge in [-0.25, -0.2) is 4.98 Å². The molecule has 0 aliphatic carbocycles. The normalized spacial score (nSPS) is 10.9. The smallest absolute Gasteiger partial charge is 0.256 e. The van der Waals surface area contributed by atoms with Gasteiger partial charge in [-0.3, -0.25) is 9.20 Å². The Hall–Kier alpha value is -1.63. The van der Waals surface area contributed by atoms with Crippen LogP contribution in [0.4, 0.5) is 0 Å². The third-order valence-corrected chi connectivity index (χ3v) is 3.40. The predicted molar refractivity (Wildman–Crippen MR) is 69.7 cm³/mol. The number of nitrogens with zero attached hydrogens (tertiary/aromatic N) is 5. The summed E-state index contributed by atoms with van der Waals surface area (Å²) in [6.07, 6.45) is 0. The van der Waals surface area contributed by atoms with Crippen LogP contribution >= 0.6 is 11.8 Å². The van der Waals surface area contributed by atoms with Gasteiger partial charge in [-0.2, -0.15) is 0 Å². The monoisotopic (exact) mass is 265 g/mol. The highest BCUT2D eigenvalue weighted by Crippen LogP contribution is 2.18. The molecule has 1 amide bonds. The number of hydrogen-bond acceptors (Lipinski definition) is 5. The van der Waals surface area contributed by atoms with Crippen LogP contribution in [0.3, 0.4) is 0 Å². The van der Waals surface area contributed by atoms with E-state index in [-0.39, 0.29) is 5.91 Å². The number of carbonyl (C=O) groups excluding carboxylic acids is 1. The van der Waals surface area contributed by atoms with Crippen LogP contribution in [0.5, 0.6) is 0 Å². The molecule has 6 nitrogen and oxygen atoms in total. The summed E-state index contributed by atoms with van der Waals surface area (Å²) >= 11 is 1.37. The Balaban J connectivity index is 2.27. The van der Waals surface area contributed by atoms with Crippen LogP contribution in [0.2, 0.25) is 0 Å². The fourth-order valence-electron chi connectivity index (χ4n) is 1.55. The molecular weight excluding hydrogens is 250 g/mol. The van der Waals surface area contributed by atoms with Crippen molar-refractivity contribution < 1.29 is 4.79 Å². The van der Waals surface area contributed by atoms with Gasteiger partial charge in [0, 0.05) is 25.5 Å². The van der Waals surface area contributed by atoms with Gasteiger partial charge in [0.1, 0.15) is 0 Å². The first kappa shape index (κ1) is 12.8. The van der Waals surface area contributed by atoms with Crippen molar-refractivity contribution >= 4 is 23.4 Å². The number of rotatable bonds is 3. The van der Waals surface area contributed by atoms with E-state index >= 15 is 0 Å². The zero-order valence-corrected chi connectivity index (χ0v) is 11.7. The van der Waals surface area contributed by atoms with E-state index in [0.29, 0.717) is 16.7 Å². The lowest BCUT2D eigenvalue weighted by molar-refractivity contribution is -0.125. The quantitative estimate of drug-likeness (QED) is 0.772. The van der Waals surface area contributed by atoms with E-state index in [9.17, 15) is 4.79 Å². The second kappa shape index (κ2) is 4.93. The van der Waals surface area contributed by atoms with Gasteiger partial charge in [-0.1, -0.05) is 11.8 Å². The summed E-state index contributed by atoms with van der Waals surface area (Å²) in [4.78, 5) is 17.4. The number of amides is 1. The molecular formula is C11H15N5OS. The van der Waals surface area contributed by atoms with E-state index < -0.39 is 0 Å². The Labute approximate surface area is 109 Å². The van der Waals surface area contributed by atoms with Gasteiger partial charge in [0.15, 0.2) is 5.16 Å². The zero-order chi connectivity index (χ0) is 13.3. The maximum atomic E-state index is 11.5. The molecule has 0 bridgehead atoms. The van der Waals surface area contributed by atoms with Gasteiger partial charge < -0.3 is 4.90 Å². The van der Waals surface area contributed by atoms with E-state index in [1.807, 2.05) is 24.3 Å². The van der Waals surface area contributed by atoms with Crippen LogP contribution in [0.1, 0.15) is 11.4 Å². The number of thioether (sulfide) groups is 1. The van der Waals surface area contributed by atoms with Gasteiger partial charge in [0.2, 0.25) is 5.91 Å². The van der Waals surface area contributed by atoms with Crippen molar-refractivity contribution in [2.24, 2.45) is 0 Å². The molecule has 2 heterocycles. The maximum Gasteiger partial charge on any atom is 0.256 e. The Kier molecular flexibility index (Phi) is 3.51. The number of hydrogen-bond donors (Lipinski definition) is 0. The minimum Gasteiger partial charge on any atom is -0.348 e. The van der Waals surface area contributed by atoms with Crippen molar-refractivity contribution in [3.8, 4) is 0 Å². The molecule has 0 N–H and O–H groups in total. The molecule has 96 valence electrons. The van der Waals surface area contributed by atoms with Crippen LogP contribution in [-0.4, -0.2) is 50.2 Å². The molecule has 2 aromatic rings. The SMILES string of the molecule is Cc1cc(C)n2c(SCC(=O)N(C)C)nnc2n1. The lowest BCUT2D eigenvalue weighted by atomic mass is 10.3. The fraction of sp³-hybridized carbons (Fsp3) is 0.455. The third kappa shape index (κ3) is 2.45. The second-order valence-electron chi connectivity index (χ2n) is 4.23. The minimum atomic E-state index is 0.0504. The van der Waals surface area contributed by atoms with Gasteiger partial charge >= 0.3 is 0 Å². The van der Waals surface area contributed by atoms with Crippen molar-refractivity contribution in [3.63, 3.8) is 0 Å². The van der Waals surface area contributed by atoms with Gasteiger partial charge in [-0.15, -0.1) is 10.2 Å². The first-order chi connectivity index (χ1) is 8.49. The molecule has 0 aromatic carbocycles. The third-order valence-electron chi connectivity index (χ3n) is 2.49. The molecule has 0 saturated heterocycles. The Bertz CT molecular complexity index is 592. The second-order valence-corrected chi connectivity index (χ2v) is 5.18. The summed E-state index contributed by atoms with van der Waals surface area (Å²) in [5.41, 5.74) is 1.93. The summed E-state index contributed by atoms with van der Waals surface area (Å²) in [6, 6.07) is 1.97. The van der Waals surface area contributed by atoms with Crippen molar-refractivity contribution in [1.29, 1.82) is 0 Å². The van der Waals surface area contributed by atoms with E-state index in [1.165, 1.54) is 11.8 Å². The molecule has 0 radical (unpaired) electrons. The summed E-state index contributed by atoms with van der Waals surface area (Å²) in [6.45, 7) is 3.90. The fourth-order valence-corrected chi connectivity index (χ4v) is 2.51. The summed E-state index contributed by atoms with van der Waals surface area (Å²) < 4.78 is 1.86. The summed E-state index contributed by atoms with van der Waals surface area (Å²) in [5.74, 6) is 0.975. The van der Waals surface area contributed by atoms with Crippen molar-refractivity contribution in [1.82, 2.24) is 24.5 Å². The maximum absolute atomic E-state index is 11.5. The molecule has 0 atom stereocenters. The molecule has 0 spiro atoms. The molecule has 0 aliphatic heterocycles. The highest BCUT2D eigenvalue weighted by Gasteiger charge is 2.12. The van der Waals surface area contributed by atoms with E-state index in [4.69, 9.17) is 0 Å². The number of carbonyl (C=O) groups is 1. The van der Waals surface area contributed by atoms with Crippen LogP contribution in [0, 0.1) is 13.8 Å². The zero-order valence-electron chi connectivity index (χ0n) is 10.8. The van der Waals surface area contributed by atoms with E-state index in [0.717, 1.165) is 11.4 Å². The standard InChI is InChI=1S/C11H15N5OS/c1-7-5-8(2)16-10(12-7)13-14-11(16)18-6-9(17)15(3)4/h5H,6H2,1-4H3. The van der Waals surface area contributed by atoms with E-state index in [1.54, 1.807) is 19.0 Å². The highest BCUT2D eigenvalue weighted by molar-refractivity contribution is 7.99. The van der Waals surface area contributed by atoms with Crippen molar-refractivity contribution in [2.75, 3.05) is 19.8 Å². The molecule has 0 fully saturated rings. The number of aryl methyl sites for hydroxylation is 2. The van der Waals surface area contributed by atoms with Crippen LogP contribution in [-0.2, 0) is 4.79 Å². The van der Waals surface area contributed by atoms with Crippen molar-refractivity contribution in [3.05, 3.63) is 17.5 Å². The molecule has 0 aliphatic rings. The van der Waals surface area contributed by atoms with E-state index in [2.05, 4.69) is 15.2 Å². The molecule has 0 saturated carbocycles. The van der Waals surface area contributed by atoms with Crippen LogP contribution < -0.4 is 0 Å². The first-order valence-electron chi connectivity index (χ1n) is 5.51. The summed E-state index contributed by atoms with van der Waals surface area (Å²) in [7, 11) is 3.47. The topological polar surface area (TPSA) is 63.4 Å². The average molecular weight is 265 g/mol. The van der Waals surface area contributed by atoms with Crippen molar-refractivity contribution in [2.45, 2.75) is 19.0 Å². The van der Waals surface area contributed by atoms with Crippen LogP contribution in [0.15, 0.2) is 11.2 Å². The molecule has 2 aromatic heterocycles. The molecule has 18 heavy (non-hydrogen) atoms. The lowest BCUT2D eigenvalue weighted by Gasteiger charge is -2.09.